The minimum atomic E-state index is -4.47. The lowest BCUT2D eigenvalue weighted by Gasteiger charge is -2.07. The number of rotatable bonds is 4. The quantitative estimate of drug-likeness (QED) is 0.742. The second-order valence-corrected chi connectivity index (χ2v) is 5.11. The van der Waals surface area contributed by atoms with Gasteiger partial charge in [-0.15, -0.1) is 0 Å². The average molecular weight is 319 g/mol. The molecule has 3 aromatic rings. The number of pyridine rings is 2. The topological polar surface area (TPSA) is 47.3 Å². The second-order valence-electron chi connectivity index (χ2n) is 5.11. The predicted octanol–water partition coefficient (Wildman–Crippen LogP) is 3.10. The van der Waals surface area contributed by atoms with Crippen LogP contribution in [0.15, 0.2) is 48.9 Å². The summed E-state index contributed by atoms with van der Waals surface area (Å²) >= 11 is 0. The molecule has 0 saturated carbocycles. The fourth-order valence-corrected chi connectivity index (χ4v) is 2.34. The molecule has 0 radical (unpaired) electrons. The number of hydrogen-bond acceptors (Lipinski definition) is 3. The standard InChI is InChI=1S/C16H12F3N3O/c17-16(18,19)14-5-4-11(10-21-14)8-13(23)9-12-2-1-3-15-20-6-7-22(12)15/h1-7,10H,8-9H2. The zero-order valence-electron chi connectivity index (χ0n) is 11.9. The number of ketones is 1. The molecule has 0 unspecified atom stereocenters. The molecular weight excluding hydrogens is 307 g/mol. The van der Waals surface area contributed by atoms with E-state index in [-0.39, 0.29) is 18.6 Å². The highest BCUT2D eigenvalue weighted by atomic mass is 19.4. The molecule has 0 N–H and O–H groups in total. The van der Waals surface area contributed by atoms with Crippen molar-refractivity contribution >= 4 is 11.4 Å². The van der Waals surface area contributed by atoms with Gasteiger partial charge in [0.1, 0.15) is 17.1 Å². The average Bonchev–Trinajstić information content (AvgIpc) is 2.96. The van der Waals surface area contributed by atoms with Crippen LogP contribution >= 0.6 is 0 Å². The van der Waals surface area contributed by atoms with Crippen molar-refractivity contribution in [2.24, 2.45) is 0 Å². The van der Waals surface area contributed by atoms with Gasteiger partial charge in [0.15, 0.2) is 0 Å². The highest BCUT2D eigenvalue weighted by molar-refractivity contribution is 5.82. The third kappa shape index (κ3) is 3.39. The summed E-state index contributed by atoms with van der Waals surface area (Å²) < 4.78 is 39.2. The van der Waals surface area contributed by atoms with E-state index in [4.69, 9.17) is 0 Å². The fraction of sp³-hybridized carbons (Fsp3) is 0.188. The molecule has 3 heterocycles. The Morgan fingerprint density at radius 3 is 2.61 bits per heavy atom. The zero-order chi connectivity index (χ0) is 16.4. The van der Waals surface area contributed by atoms with Gasteiger partial charge >= 0.3 is 6.18 Å². The van der Waals surface area contributed by atoms with Gasteiger partial charge in [0.2, 0.25) is 0 Å². The van der Waals surface area contributed by atoms with E-state index in [1.54, 1.807) is 12.4 Å². The van der Waals surface area contributed by atoms with Crippen LogP contribution < -0.4 is 0 Å². The van der Waals surface area contributed by atoms with Gasteiger partial charge in [-0.05, 0) is 23.8 Å². The van der Waals surface area contributed by atoms with Crippen LogP contribution in [0.5, 0.6) is 0 Å². The third-order valence-electron chi connectivity index (χ3n) is 3.41. The van der Waals surface area contributed by atoms with Crippen molar-refractivity contribution in [2.45, 2.75) is 19.0 Å². The van der Waals surface area contributed by atoms with Crippen LogP contribution in [0, 0.1) is 0 Å². The van der Waals surface area contributed by atoms with Crippen molar-refractivity contribution in [3.05, 3.63) is 65.9 Å². The lowest BCUT2D eigenvalue weighted by molar-refractivity contribution is -0.141. The summed E-state index contributed by atoms with van der Waals surface area (Å²) in [6, 6.07) is 7.63. The molecule has 0 aliphatic rings. The van der Waals surface area contributed by atoms with Crippen molar-refractivity contribution in [1.82, 2.24) is 14.4 Å². The lowest BCUT2D eigenvalue weighted by Crippen LogP contribution is -2.11. The molecule has 0 aliphatic carbocycles. The van der Waals surface area contributed by atoms with Gasteiger partial charge in [0.05, 0.1) is 0 Å². The van der Waals surface area contributed by atoms with E-state index < -0.39 is 11.9 Å². The maximum absolute atomic E-state index is 12.4. The summed E-state index contributed by atoms with van der Waals surface area (Å²) in [6.45, 7) is 0. The Hall–Kier alpha value is -2.70. The van der Waals surface area contributed by atoms with Crippen LogP contribution in [-0.2, 0) is 23.8 Å². The van der Waals surface area contributed by atoms with Crippen LogP contribution in [0.1, 0.15) is 17.0 Å². The summed E-state index contributed by atoms with van der Waals surface area (Å²) in [5, 5.41) is 0. The number of aromatic nitrogens is 3. The van der Waals surface area contributed by atoms with E-state index in [0.717, 1.165) is 23.6 Å². The van der Waals surface area contributed by atoms with Gasteiger partial charge in [-0.1, -0.05) is 12.1 Å². The molecule has 118 valence electrons. The van der Waals surface area contributed by atoms with Crippen LogP contribution in [0.2, 0.25) is 0 Å². The summed E-state index contributed by atoms with van der Waals surface area (Å²) in [5.74, 6) is -0.104. The summed E-state index contributed by atoms with van der Waals surface area (Å²) in [4.78, 5) is 19.6. The van der Waals surface area contributed by atoms with Crippen molar-refractivity contribution in [2.75, 3.05) is 0 Å². The number of imidazole rings is 1. The highest BCUT2D eigenvalue weighted by Crippen LogP contribution is 2.27. The normalized spacial score (nSPS) is 11.8. The number of carbonyl (C=O) groups excluding carboxylic acids is 1. The molecule has 3 rings (SSSR count). The van der Waals surface area contributed by atoms with E-state index in [1.165, 1.54) is 6.07 Å². The molecule has 0 fully saturated rings. The van der Waals surface area contributed by atoms with E-state index in [2.05, 4.69) is 9.97 Å². The van der Waals surface area contributed by atoms with Crippen LogP contribution in [-0.4, -0.2) is 20.2 Å². The molecule has 4 nitrogen and oxygen atoms in total. The van der Waals surface area contributed by atoms with Crippen molar-refractivity contribution < 1.29 is 18.0 Å². The monoisotopic (exact) mass is 319 g/mol. The minimum absolute atomic E-state index is 0.0379. The molecule has 7 heteroatoms. The maximum atomic E-state index is 12.4. The Kier molecular flexibility index (Phi) is 3.85. The van der Waals surface area contributed by atoms with Crippen molar-refractivity contribution in [3.8, 4) is 0 Å². The lowest BCUT2D eigenvalue weighted by atomic mass is 10.1. The zero-order valence-corrected chi connectivity index (χ0v) is 11.9. The first-order valence-corrected chi connectivity index (χ1v) is 6.88. The molecular formula is C16H12F3N3O. The number of fused-ring (bicyclic) bond motifs is 1. The van der Waals surface area contributed by atoms with Crippen LogP contribution in [0.25, 0.3) is 5.65 Å². The first-order valence-electron chi connectivity index (χ1n) is 6.88. The molecule has 3 aromatic heterocycles. The third-order valence-corrected chi connectivity index (χ3v) is 3.41. The molecule has 0 aromatic carbocycles. The SMILES string of the molecule is O=C(Cc1ccc(C(F)(F)F)nc1)Cc1cccc2nccn12. The van der Waals surface area contributed by atoms with Gasteiger partial charge in [-0.2, -0.15) is 13.2 Å². The Morgan fingerprint density at radius 1 is 1.09 bits per heavy atom. The molecule has 0 amide bonds. The summed E-state index contributed by atoms with van der Waals surface area (Å²) in [5.41, 5.74) is 1.02. The Bertz CT molecular complexity index is 838. The van der Waals surface area contributed by atoms with Gasteiger partial charge in [0, 0.05) is 37.1 Å². The maximum Gasteiger partial charge on any atom is 0.433 e. The van der Waals surface area contributed by atoms with Gasteiger partial charge < -0.3 is 4.40 Å². The predicted molar refractivity (Wildman–Crippen MR) is 76.8 cm³/mol. The number of nitrogens with zero attached hydrogens (tertiary/aromatic N) is 3. The Labute approximate surface area is 129 Å². The number of carbonyl (C=O) groups is 1. The van der Waals surface area contributed by atoms with Crippen molar-refractivity contribution in [1.29, 1.82) is 0 Å². The molecule has 0 bridgehead atoms. The van der Waals surface area contributed by atoms with E-state index in [9.17, 15) is 18.0 Å². The molecule has 0 atom stereocenters. The van der Waals surface area contributed by atoms with Gasteiger partial charge in [0.25, 0.3) is 0 Å². The number of alkyl halides is 3. The first-order chi connectivity index (χ1) is 10.9. The van der Waals surface area contributed by atoms with Crippen LogP contribution in [0.3, 0.4) is 0 Å². The van der Waals surface area contributed by atoms with Gasteiger partial charge in [-0.25, -0.2) is 4.98 Å². The minimum Gasteiger partial charge on any atom is -0.304 e. The van der Waals surface area contributed by atoms with Crippen LogP contribution in [0.4, 0.5) is 13.2 Å². The molecule has 0 spiro atoms. The summed E-state index contributed by atoms with van der Waals surface area (Å²) in [7, 11) is 0. The molecule has 0 aliphatic heterocycles. The molecule has 0 saturated heterocycles. The summed E-state index contributed by atoms with van der Waals surface area (Å²) in [6.07, 6.45) is 0.240. The Morgan fingerprint density at radius 2 is 1.91 bits per heavy atom. The number of Topliss-reactive ketones (excluding diaryl/α,β-unsaturated/α-hetero) is 1. The highest BCUT2D eigenvalue weighted by Gasteiger charge is 2.32. The smallest absolute Gasteiger partial charge is 0.304 e. The largest absolute Gasteiger partial charge is 0.433 e. The van der Waals surface area contributed by atoms with E-state index in [1.807, 2.05) is 22.6 Å². The van der Waals surface area contributed by atoms with E-state index >= 15 is 0 Å². The van der Waals surface area contributed by atoms with E-state index in [0.29, 0.717) is 5.56 Å². The number of halogens is 3. The first kappa shape index (κ1) is 15.2. The number of hydrogen-bond donors (Lipinski definition) is 0. The molecule has 23 heavy (non-hydrogen) atoms. The van der Waals surface area contributed by atoms with Crippen molar-refractivity contribution in [3.63, 3.8) is 0 Å². The fourth-order valence-electron chi connectivity index (χ4n) is 2.34. The van der Waals surface area contributed by atoms with Gasteiger partial charge in [-0.3, -0.25) is 9.78 Å². The Balaban J connectivity index is 1.71. The second kappa shape index (κ2) is 5.83.